The predicted molar refractivity (Wildman–Crippen MR) is 107 cm³/mol. The van der Waals surface area contributed by atoms with E-state index in [2.05, 4.69) is 11.0 Å². The number of aryl methyl sites for hydroxylation is 1. The summed E-state index contributed by atoms with van der Waals surface area (Å²) in [5, 5.41) is 9.18. The van der Waals surface area contributed by atoms with Crippen LogP contribution in [0.3, 0.4) is 0 Å². The molecule has 0 saturated carbocycles. The molecule has 1 heterocycles. The monoisotopic (exact) mass is 377 g/mol. The van der Waals surface area contributed by atoms with E-state index in [0.717, 1.165) is 11.3 Å². The van der Waals surface area contributed by atoms with Crippen LogP contribution in [0, 0.1) is 18.3 Å². The minimum absolute atomic E-state index is 0.0319. The first-order valence-corrected chi connectivity index (χ1v) is 9.18. The number of piperazine rings is 1. The zero-order valence-corrected chi connectivity index (χ0v) is 16.4. The molecule has 0 bridgehead atoms. The van der Waals surface area contributed by atoms with Crippen molar-refractivity contribution in [1.29, 1.82) is 5.26 Å². The summed E-state index contributed by atoms with van der Waals surface area (Å²) in [6, 6.07) is 12.7. The van der Waals surface area contributed by atoms with Crippen LogP contribution in [0.4, 0.5) is 5.69 Å². The molecule has 1 amide bonds. The summed E-state index contributed by atoms with van der Waals surface area (Å²) in [6.07, 6.45) is 0. The number of nitriles is 1. The van der Waals surface area contributed by atoms with Gasteiger partial charge in [0.1, 0.15) is 5.75 Å². The molecule has 0 unspecified atom stereocenters. The average Bonchev–Trinajstić information content (AvgIpc) is 2.73. The van der Waals surface area contributed by atoms with Gasteiger partial charge < -0.3 is 14.5 Å². The SMILES string of the molecule is COc1cc(C(=O)N2CCN(c3cc(C#N)ccc3C(C)=O)CC2)ccc1C. The molecular formula is C22H23N3O3. The van der Waals surface area contributed by atoms with E-state index >= 15 is 0 Å². The third-order valence-electron chi connectivity index (χ3n) is 5.07. The van der Waals surface area contributed by atoms with Crippen LogP contribution in [0.1, 0.15) is 38.8 Å². The Balaban J connectivity index is 1.75. The highest BCUT2D eigenvalue weighted by molar-refractivity contribution is 6.00. The molecule has 1 saturated heterocycles. The molecule has 3 rings (SSSR count). The van der Waals surface area contributed by atoms with Gasteiger partial charge in [-0.1, -0.05) is 6.07 Å². The minimum atomic E-state index is -0.0373. The number of carbonyl (C=O) groups is 2. The van der Waals surface area contributed by atoms with Crippen LogP contribution in [0.15, 0.2) is 36.4 Å². The molecule has 6 heteroatoms. The van der Waals surface area contributed by atoms with Gasteiger partial charge >= 0.3 is 0 Å². The van der Waals surface area contributed by atoms with E-state index in [4.69, 9.17) is 4.74 Å². The van der Waals surface area contributed by atoms with Gasteiger partial charge in [-0.25, -0.2) is 0 Å². The fourth-order valence-corrected chi connectivity index (χ4v) is 3.45. The molecule has 2 aromatic rings. The molecule has 0 radical (unpaired) electrons. The van der Waals surface area contributed by atoms with Crippen LogP contribution in [0.5, 0.6) is 5.75 Å². The first-order valence-electron chi connectivity index (χ1n) is 9.18. The third-order valence-corrected chi connectivity index (χ3v) is 5.07. The molecule has 0 N–H and O–H groups in total. The second kappa shape index (κ2) is 8.13. The molecule has 2 aromatic carbocycles. The number of nitrogens with zero attached hydrogens (tertiary/aromatic N) is 3. The zero-order valence-electron chi connectivity index (χ0n) is 16.4. The quantitative estimate of drug-likeness (QED) is 0.766. The van der Waals surface area contributed by atoms with E-state index < -0.39 is 0 Å². The van der Waals surface area contributed by atoms with Crippen LogP contribution < -0.4 is 9.64 Å². The Morgan fingerprint density at radius 1 is 1.07 bits per heavy atom. The van der Waals surface area contributed by atoms with E-state index in [9.17, 15) is 14.9 Å². The molecule has 0 aromatic heterocycles. The highest BCUT2D eigenvalue weighted by Gasteiger charge is 2.25. The van der Waals surface area contributed by atoms with Gasteiger partial charge in [-0.15, -0.1) is 0 Å². The topological polar surface area (TPSA) is 73.6 Å². The molecule has 0 spiro atoms. The number of hydrogen-bond acceptors (Lipinski definition) is 5. The molecule has 1 aliphatic rings. The summed E-state index contributed by atoms with van der Waals surface area (Å²) in [5.41, 5.74) is 3.47. The molecule has 1 aliphatic heterocycles. The lowest BCUT2D eigenvalue weighted by Crippen LogP contribution is -2.49. The number of rotatable bonds is 4. The number of methoxy groups -OCH3 is 1. The fraction of sp³-hybridized carbons (Fsp3) is 0.318. The first-order chi connectivity index (χ1) is 13.4. The van der Waals surface area contributed by atoms with Gasteiger partial charge in [-0.05, 0) is 49.7 Å². The van der Waals surface area contributed by atoms with Crippen LogP contribution in [-0.4, -0.2) is 49.9 Å². The largest absolute Gasteiger partial charge is 0.496 e. The van der Waals surface area contributed by atoms with Gasteiger partial charge in [0.15, 0.2) is 5.78 Å². The summed E-state index contributed by atoms with van der Waals surface area (Å²) >= 11 is 0. The number of anilines is 1. The predicted octanol–water partition coefficient (Wildman–Crippen LogP) is 3.04. The lowest BCUT2D eigenvalue weighted by Gasteiger charge is -2.37. The summed E-state index contributed by atoms with van der Waals surface area (Å²) in [5.74, 6) is 0.629. The Bertz CT molecular complexity index is 954. The lowest BCUT2D eigenvalue weighted by atomic mass is 10.0. The number of ether oxygens (including phenoxy) is 1. The molecule has 28 heavy (non-hydrogen) atoms. The Labute approximate surface area is 164 Å². The fourth-order valence-electron chi connectivity index (χ4n) is 3.45. The van der Waals surface area contributed by atoms with Crippen molar-refractivity contribution >= 4 is 17.4 Å². The van der Waals surface area contributed by atoms with Crippen LogP contribution in [0.25, 0.3) is 0 Å². The molecular weight excluding hydrogens is 354 g/mol. The minimum Gasteiger partial charge on any atom is -0.496 e. The highest BCUT2D eigenvalue weighted by atomic mass is 16.5. The van der Waals surface area contributed by atoms with E-state index in [1.807, 2.05) is 24.0 Å². The van der Waals surface area contributed by atoms with E-state index in [1.165, 1.54) is 6.92 Å². The maximum Gasteiger partial charge on any atom is 0.254 e. The zero-order chi connectivity index (χ0) is 20.3. The average molecular weight is 377 g/mol. The summed E-state index contributed by atoms with van der Waals surface area (Å²) < 4.78 is 5.32. The van der Waals surface area contributed by atoms with E-state index in [-0.39, 0.29) is 11.7 Å². The molecule has 6 nitrogen and oxygen atoms in total. The number of amides is 1. The number of Topliss-reactive ketones (excluding diaryl/α,β-unsaturated/α-hetero) is 1. The van der Waals surface area contributed by atoms with Crippen molar-refractivity contribution in [2.24, 2.45) is 0 Å². The van der Waals surface area contributed by atoms with E-state index in [0.29, 0.717) is 48.6 Å². The molecule has 0 atom stereocenters. The maximum atomic E-state index is 12.9. The van der Waals surface area contributed by atoms with Crippen LogP contribution in [-0.2, 0) is 0 Å². The van der Waals surface area contributed by atoms with Crippen molar-refractivity contribution in [2.45, 2.75) is 13.8 Å². The maximum absolute atomic E-state index is 12.9. The van der Waals surface area contributed by atoms with Gasteiger partial charge in [-0.3, -0.25) is 9.59 Å². The Morgan fingerprint density at radius 3 is 2.39 bits per heavy atom. The van der Waals surface area contributed by atoms with Crippen molar-refractivity contribution < 1.29 is 14.3 Å². The van der Waals surface area contributed by atoms with Crippen molar-refractivity contribution in [1.82, 2.24) is 4.90 Å². The van der Waals surface area contributed by atoms with Crippen LogP contribution >= 0.6 is 0 Å². The Kier molecular flexibility index (Phi) is 5.65. The van der Waals surface area contributed by atoms with Gasteiger partial charge in [0, 0.05) is 43.0 Å². The normalized spacial score (nSPS) is 13.8. The summed E-state index contributed by atoms with van der Waals surface area (Å²) in [4.78, 5) is 28.7. The Hall–Kier alpha value is -3.33. The standard InChI is InChI=1S/C22H23N3O3/c1-15-4-6-18(13-21(15)28-3)22(27)25-10-8-24(9-11-25)20-12-17(14-23)5-7-19(20)16(2)26/h4-7,12-13H,8-11H2,1-3H3. The van der Waals surface area contributed by atoms with Gasteiger partial charge in [0.25, 0.3) is 5.91 Å². The van der Waals surface area contributed by atoms with Gasteiger partial charge in [0.2, 0.25) is 0 Å². The van der Waals surface area contributed by atoms with Gasteiger partial charge in [-0.2, -0.15) is 5.26 Å². The van der Waals surface area contributed by atoms with Gasteiger partial charge in [0.05, 0.1) is 18.7 Å². The van der Waals surface area contributed by atoms with Crippen molar-refractivity contribution in [3.8, 4) is 11.8 Å². The van der Waals surface area contributed by atoms with Crippen molar-refractivity contribution in [3.63, 3.8) is 0 Å². The number of carbonyl (C=O) groups excluding carboxylic acids is 2. The highest BCUT2D eigenvalue weighted by Crippen LogP contribution is 2.25. The van der Waals surface area contributed by atoms with E-state index in [1.54, 1.807) is 31.4 Å². The first kappa shape index (κ1) is 19.4. The summed E-state index contributed by atoms with van der Waals surface area (Å²) in [6.45, 7) is 5.75. The number of benzene rings is 2. The second-order valence-corrected chi connectivity index (χ2v) is 6.86. The molecule has 0 aliphatic carbocycles. The number of hydrogen-bond donors (Lipinski definition) is 0. The van der Waals surface area contributed by atoms with Crippen molar-refractivity contribution in [3.05, 3.63) is 58.7 Å². The Morgan fingerprint density at radius 2 is 1.79 bits per heavy atom. The second-order valence-electron chi connectivity index (χ2n) is 6.86. The van der Waals surface area contributed by atoms with Crippen molar-refractivity contribution in [2.75, 3.05) is 38.2 Å². The summed E-state index contributed by atoms with van der Waals surface area (Å²) in [7, 11) is 1.59. The third kappa shape index (κ3) is 3.84. The molecule has 1 fully saturated rings. The van der Waals surface area contributed by atoms with Crippen LogP contribution in [0.2, 0.25) is 0 Å². The number of ketones is 1. The molecule has 144 valence electrons. The lowest BCUT2D eigenvalue weighted by molar-refractivity contribution is 0.0745. The smallest absolute Gasteiger partial charge is 0.254 e.